The topological polar surface area (TPSA) is 102 Å². The molecule has 2 heterocycles. The van der Waals surface area contributed by atoms with Crippen molar-refractivity contribution in [2.75, 3.05) is 13.6 Å². The van der Waals surface area contributed by atoms with Gasteiger partial charge in [-0.1, -0.05) is 0 Å². The van der Waals surface area contributed by atoms with Crippen LogP contribution in [-0.2, 0) is 4.74 Å². The summed E-state index contributed by atoms with van der Waals surface area (Å²) < 4.78 is 5.60. The van der Waals surface area contributed by atoms with Crippen molar-refractivity contribution in [3.63, 3.8) is 0 Å². The minimum Gasteiger partial charge on any atom is -0.388 e. The quantitative estimate of drug-likeness (QED) is 0.434. The number of nitrogens with zero attached hydrogens (tertiary/aromatic N) is 1. The van der Waals surface area contributed by atoms with Gasteiger partial charge in [0.25, 0.3) is 0 Å². The summed E-state index contributed by atoms with van der Waals surface area (Å²) in [6, 6.07) is 0. The zero-order valence-electron chi connectivity index (χ0n) is 9.83. The van der Waals surface area contributed by atoms with E-state index in [4.69, 9.17) is 17.0 Å². The van der Waals surface area contributed by atoms with Crippen LogP contribution in [0, 0.1) is 0 Å². The molecule has 100 valence electrons. The van der Waals surface area contributed by atoms with Gasteiger partial charge in [0.15, 0.2) is 5.11 Å². The normalized spacial score (nSPS) is 31.3. The maximum Gasteiger partial charge on any atom is 0.166 e. The lowest BCUT2D eigenvalue weighted by Crippen LogP contribution is -2.42. The lowest BCUT2D eigenvalue weighted by Gasteiger charge is -2.16. The molecule has 0 radical (unpaired) electrons. The molecule has 7 nitrogen and oxygen atoms in total. The summed E-state index contributed by atoms with van der Waals surface area (Å²) in [4.78, 5) is 6.72. The molecule has 1 aliphatic heterocycles. The standard InChI is InChI=1S/C10H16N4O3S/c1-11-10(18)13-3-6-7(15)8(16)9(17-6)5-2-12-4-14-5/h2,4,6-9,15-16H,3H2,1H3,(H,12,14)(H2,11,13,18)/t6-,7-,8-,9+/m1/s1. The summed E-state index contributed by atoms with van der Waals surface area (Å²) in [5.74, 6) is 0. The van der Waals surface area contributed by atoms with Crippen LogP contribution in [0.1, 0.15) is 11.8 Å². The molecule has 0 amide bonds. The molecule has 0 spiro atoms. The number of ether oxygens (including phenoxy) is 1. The highest BCUT2D eigenvalue weighted by Gasteiger charge is 2.43. The van der Waals surface area contributed by atoms with Gasteiger partial charge in [-0.15, -0.1) is 0 Å². The number of H-pyrrole nitrogens is 1. The molecule has 1 fully saturated rings. The molecular formula is C10H16N4O3S. The molecular weight excluding hydrogens is 256 g/mol. The van der Waals surface area contributed by atoms with Crippen molar-refractivity contribution in [3.05, 3.63) is 18.2 Å². The molecule has 8 heteroatoms. The smallest absolute Gasteiger partial charge is 0.166 e. The Hall–Kier alpha value is -1.22. The monoisotopic (exact) mass is 272 g/mol. The van der Waals surface area contributed by atoms with Crippen LogP contribution >= 0.6 is 12.2 Å². The van der Waals surface area contributed by atoms with E-state index in [1.54, 1.807) is 13.2 Å². The van der Waals surface area contributed by atoms with Crippen molar-refractivity contribution in [3.8, 4) is 0 Å². The van der Waals surface area contributed by atoms with Crippen LogP contribution in [-0.4, -0.2) is 57.2 Å². The van der Waals surface area contributed by atoms with Crippen LogP contribution in [0.5, 0.6) is 0 Å². The van der Waals surface area contributed by atoms with Crippen LogP contribution in [0.2, 0.25) is 0 Å². The average molecular weight is 272 g/mol. The van der Waals surface area contributed by atoms with Gasteiger partial charge in [0.05, 0.1) is 18.2 Å². The van der Waals surface area contributed by atoms with Gasteiger partial charge in [0.2, 0.25) is 0 Å². The maximum atomic E-state index is 9.92. The molecule has 2 rings (SSSR count). The minimum atomic E-state index is -0.986. The van der Waals surface area contributed by atoms with Gasteiger partial charge >= 0.3 is 0 Å². The van der Waals surface area contributed by atoms with Gasteiger partial charge in [0.1, 0.15) is 24.4 Å². The molecule has 0 bridgehead atoms. The first kappa shape index (κ1) is 13.2. The lowest BCUT2D eigenvalue weighted by atomic mass is 10.1. The second kappa shape index (κ2) is 5.61. The van der Waals surface area contributed by atoms with E-state index >= 15 is 0 Å². The largest absolute Gasteiger partial charge is 0.388 e. The highest BCUT2D eigenvalue weighted by Crippen LogP contribution is 2.31. The fourth-order valence-corrected chi connectivity index (χ4v) is 1.96. The number of thiocarbonyl (C=S) groups is 1. The van der Waals surface area contributed by atoms with E-state index in [9.17, 15) is 10.2 Å². The van der Waals surface area contributed by atoms with E-state index in [1.807, 2.05) is 0 Å². The number of nitrogens with one attached hydrogen (secondary N) is 3. The van der Waals surface area contributed by atoms with Crippen molar-refractivity contribution in [2.24, 2.45) is 0 Å². The Balaban J connectivity index is 1.97. The summed E-state index contributed by atoms with van der Waals surface area (Å²) in [5.41, 5.74) is 0.639. The zero-order valence-corrected chi connectivity index (χ0v) is 10.6. The molecule has 5 N–H and O–H groups in total. The first-order chi connectivity index (χ1) is 8.63. The van der Waals surface area contributed by atoms with E-state index < -0.39 is 24.4 Å². The van der Waals surface area contributed by atoms with Gasteiger partial charge in [-0.3, -0.25) is 0 Å². The van der Waals surface area contributed by atoms with Gasteiger partial charge in [0, 0.05) is 13.6 Å². The van der Waals surface area contributed by atoms with Crippen LogP contribution in [0.15, 0.2) is 12.5 Å². The highest BCUT2D eigenvalue weighted by molar-refractivity contribution is 7.80. The summed E-state index contributed by atoms with van der Waals surface area (Å²) >= 11 is 4.93. The number of aromatic amines is 1. The van der Waals surface area contributed by atoms with Crippen LogP contribution < -0.4 is 10.6 Å². The third-order valence-corrected chi connectivity index (χ3v) is 3.23. The van der Waals surface area contributed by atoms with Crippen LogP contribution in [0.25, 0.3) is 0 Å². The summed E-state index contributed by atoms with van der Waals surface area (Å²) in [5, 5.41) is 25.9. The van der Waals surface area contributed by atoms with E-state index in [0.717, 1.165) is 0 Å². The molecule has 18 heavy (non-hydrogen) atoms. The molecule has 1 aromatic heterocycles. The fraction of sp³-hybridized carbons (Fsp3) is 0.600. The Morgan fingerprint density at radius 1 is 1.56 bits per heavy atom. The minimum absolute atomic E-state index is 0.322. The van der Waals surface area contributed by atoms with Crippen molar-refractivity contribution < 1.29 is 14.9 Å². The first-order valence-electron chi connectivity index (χ1n) is 5.59. The predicted octanol–water partition coefficient (Wildman–Crippen LogP) is -1.33. The van der Waals surface area contributed by atoms with Crippen molar-refractivity contribution in [2.45, 2.75) is 24.4 Å². The highest BCUT2D eigenvalue weighted by atomic mass is 32.1. The predicted molar refractivity (Wildman–Crippen MR) is 67.9 cm³/mol. The molecule has 0 aromatic carbocycles. The fourth-order valence-electron chi connectivity index (χ4n) is 1.88. The Bertz CT molecular complexity index is 400. The van der Waals surface area contributed by atoms with Gasteiger partial charge in [-0.05, 0) is 12.2 Å². The molecule has 0 unspecified atom stereocenters. The number of aliphatic hydroxyl groups is 2. The third-order valence-electron chi connectivity index (χ3n) is 2.88. The number of rotatable bonds is 3. The molecule has 4 atom stereocenters. The van der Waals surface area contributed by atoms with E-state index in [1.165, 1.54) is 6.33 Å². The summed E-state index contributed by atoms with van der Waals surface area (Å²) in [7, 11) is 1.70. The van der Waals surface area contributed by atoms with Gasteiger partial charge in [-0.25, -0.2) is 4.98 Å². The van der Waals surface area contributed by atoms with E-state index in [-0.39, 0.29) is 0 Å². The number of aliphatic hydroxyl groups excluding tert-OH is 2. The molecule has 1 aromatic rings. The SMILES string of the molecule is CNC(=S)NC[C@H]1O[C@@H](c2cnc[nH]2)[C@H](O)[C@@H]1O. The molecule has 1 saturated heterocycles. The Labute approximate surface area is 110 Å². The summed E-state index contributed by atoms with van der Waals surface area (Å²) in [6.45, 7) is 0.322. The molecule has 1 aliphatic rings. The molecule has 0 aliphatic carbocycles. The maximum absolute atomic E-state index is 9.92. The summed E-state index contributed by atoms with van der Waals surface area (Å²) in [6.07, 6.45) is -0.0170. The zero-order chi connectivity index (χ0) is 13.1. The van der Waals surface area contributed by atoms with Gasteiger partial charge < -0.3 is 30.6 Å². The second-order valence-corrected chi connectivity index (χ2v) is 4.45. The Kier molecular flexibility index (Phi) is 4.12. The Morgan fingerprint density at radius 2 is 2.33 bits per heavy atom. The van der Waals surface area contributed by atoms with Crippen molar-refractivity contribution in [1.29, 1.82) is 0 Å². The number of hydrogen-bond donors (Lipinski definition) is 5. The van der Waals surface area contributed by atoms with Crippen LogP contribution in [0.4, 0.5) is 0 Å². The van der Waals surface area contributed by atoms with Crippen molar-refractivity contribution >= 4 is 17.3 Å². The van der Waals surface area contributed by atoms with E-state index in [0.29, 0.717) is 17.4 Å². The number of hydrogen-bond acceptors (Lipinski definition) is 5. The van der Waals surface area contributed by atoms with Crippen LogP contribution in [0.3, 0.4) is 0 Å². The number of imidazole rings is 1. The first-order valence-corrected chi connectivity index (χ1v) is 5.99. The number of aromatic nitrogens is 2. The van der Waals surface area contributed by atoms with Gasteiger partial charge in [-0.2, -0.15) is 0 Å². The molecule has 0 saturated carbocycles. The van der Waals surface area contributed by atoms with E-state index in [2.05, 4.69) is 20.6 Å². The third kappa shape index (κ3) is 2.61. The average Bonchev–Trinajstić information content (AvgIpc) is 2.98. The Morgan fingerprint density at radius 3 is 2.94 bits per heavy atom. The van der Waals surface area contributed by atoms with Crippen molar-refractivity contribution in [1.82, 2.24) is 20.6 Å². The second-order valence-electron chi connectivity index (χ2n) is 4.04. The lowest BCUT2D eigenvalue weighted by molar-refractivity contribution is 0.00761.